The highest BCUT2D eigenvalue weighted by Gasteiger charge is 2.59. The summed E-state index contributed by atoms with van der Waals surface area (Å²) < 4.78 is 66.6. The van der Waals surface area contributed by atoms with Gasteiger partial charge in [-0.3, -0.25) is 4.79 Å². The van der Waals surface area contributed by atoms with Crippen LogP contribution in [0.4, 0.5) is 13.2 Å². The Morgan fingerprint density at radius 1 is 1.47 bits per heavy atom. The van der Waals surface area contributed by atoms with E-state index in [2.05, 4.69) is 4.18 Å². The van der Waals surface area contributed by atoms with Crippen molar-refractivity contribution in [1.29, 1.82) is 0 Å². The summed E-state index contributed by atoms with van der Waals surface area (Å²) in [4.78, 5) is 11.4. The van der Waals surface area contributed by atoms with Crippen LogP contribution in [0.2, 0.25) is 0 Å². The van der Waals surface area contributed by atoms with Gasteiger partial charge >= 0.3 is 21.6 Å². The maximum atomic E-state index is 12.1. The summed E-state index contributed by atoms with van der Waals surface area (Å²) in [5.41, 5.74) is -5.44. The van der Waals surface area contributed by atoms with Crippen LogP contribution in [0.1, 0.15) is 13.3 Å². The Balaban J connectivity index is 1.97. The average Bonchev–Trinajstić information content (AvgIpc) is 2.75. The smallest absolute Gasteiger partial charge is 0.466 e. The summed E-state index contributed by atoms with van der Waals surface area (Å²) in [6.45, 7) is 1.88. The first kappa shape index (κ1) is 14.2. The van der Waals surface area contributed by atoms with E-state index in [-0.39, 0.29) is 36.5 Å². The van der Waals surface area contributed by atoms with Crippen molar-refractivity contribution in [2.75, 3.05) is 6.61 Å². The Bertz CT molecular complexity index is 522. The van der Waals surface area contributed by atoms with E-state index in [1.807, 2.05) is 0 Å². The molecule has 0 aromatic heterocycles. The van der Waals surface area contributed by atoms with E-state index in [4.69, 9.17) is 4.74 Å². The molecule has 2 aliphatic rings. The van der Waals surface area contributed by atoms with Gasteiger partial charge in [-0.2, -0.15) is 21.6 Å². The molecule has 0 heterocycles. The number of halogens is 3. The Kier molecular flexibility index (Phi) is 3.28. The minimum absolute atomic E-state index is 0.00343. The highest BCUT2D eigenvalue weighted by atomic mass is 32.2. The van der Waals surface area contributed by atoms with E-state index >= 15 is 0 Å². The molecule has 0 spiro atoms. The van der Waals surface area contributed by atoms with Crippen LogP contribution in [-0.4, -0.2) is 26.5 Å². The van der Waals surface area contributed by atoms with Crippen LogP contribution < -0.4 is 0 Å². The number of hydrogen-bond acceptors (Lipinski definition) is 5. The van der Waals surface area contributed by atoms with Crippen LogP contribution in [0, 0.1) is 17.8 Å². The molecule has 108 valence electrons. The fraction of sp³-hybridized carbons (Fsp3) is 0.700. The Labute approximate surface area is 107 Å². The summed E-state index contributed by atoms with van der Waals surface area (Å²) in [6, 6.07) is 0. The fourth-order valence-electron chi connectivity index (χ4n) is 2.23. The van der Waals surface area contributed by atoms with Crippen LogP contribution in [0.15, 0.2) is 11.8 Å². The van der Waals surface area contributed by atoms with Gasteiger partial charge < -0.3 is 8.92 Å². The SMILES string of the molecule is CCOC(=O)[C@H]1C2C=C(OS(=O)(=O)C(F)(F)F)CC21. The molecule has 0 radical (unpaired) electrons. The van der Waals surface area contributed by atoms with Gasteiger partial charge in [0.1, 0.15) is 5.76 Å². The second-order valence-electron chi connectivity index (χ2n) is 4.34. The maximum Gasteiger partial charge on any atom is 0.534 e. The molecule has 0 amide bonds. The minimum atomic E-state index is -5.62. The molecular formula is C10H11F3O5S. The topological polar surface area (TPSA) is 69.7 Å². The lowest BCUT2D eigenvalue weighted by Crippen LogP contribution is -2.25. The molecule has 0 aromatic rings. The van der Waals surface area contributed by atoms with Crippen LogP contribution in [0.3, 0.4) is 0 Å². The first-order valence-electron chi connectivity index (χ1n) is 5.55. The van der Waals surface area contributed by atoms with Gasteiger partial charge in [-0.05, 0) is 24.8 Å². The van der Waals surface area contributed by atoms with Crippen molar-refractivity contribution in [2.45, 2.75) is 18.9 Å². The molecule has 0 aromatic carbocycles. The molecule has 0 N–H and O–H groups in total. The minimum Gasteiger partial charge on any atom is -0.466 e. The predicted molar refractivity (Wildman–Crippen MR) is 55.9 cm³/mol. The van der Waals surface area contributed by atoms with Crippen molar-refractivity contribution in [2.24, 2.45) is 17.8 Å². The highest BCUT2D eigenvalue weighted by Crippen LogP contribution is 2.57. The van der Waals surface area contributed by atoms with Crippen LogP contribution >= 0.6 is 0 Å². The summed E-state index contributed by atoms with van der Waals surface area (Å²) in [5, 5.41) is 0. The van der Waals surface area contributed by atoms with E-state index < -0.39 is 21.6 Å². The van der Waals surface area contributed by atoms with Crippen molar-refractivity contribution >= 4 is 16.1 Å². The normalized spacial score (nSPS) is 29.5. The van der Waals surface area contributed by atoms with E-state index in [1.54, 1.807) is 6.92 Å². The number of carbonyl (C=O) groups excluding carboxylic acids is 1. The Hall–Kier alpha value is -1.25. The van der Waals surface area contributed by atoms with E-state index in [1.165, 1.54) is 6.08 Å². The fourth-order valence-corrected chi connectivity index (χ4v) is 2.73. The van der Waals surface area contributed by atoms with Gasteiger partial charge in [-0.15, -0.1) is 0 Å². The summed E-state index contributed by atoms with van der Waals surface area (Å²) in [6.07, 6.45) is 1.26. The molecule has 0 aliphatic heterocycles. The molecule has 3 atom stereocenters. The van der Waals surface area contributed by atoms with Crippen LogP contribution in [0.5, 0.6) is 0 Å². The summed E-state index contributed by atoms with van der Waals surface area (Å²) >= 11 is 0. The number of carbonyl (C=O) groups is 1. The monoisotopic (exact) mass is 300 g/mol. The highest BCUT2D eigenvalue weighted by molar-refractivity contribution is 7.87. The van der Waals surface area contributed by atoms with E-state index in [0.29, 0.717) is 0 Å². The first-order chi connectivity index (χ1) is 8.67. The number of hydrogen-bond donors (Lipinski definition) is 0. The van der Waals surface area contributed by atoms with Crippen molar-refractivity contribution in [3.8, 4) is 0 Å². The number of alkyl halides is 3. The second-order valence-corrected chi connectivity index (χ2v) is 5.88. The average molecular weight is 300 g/mol. The number of esters is 1. The lowest BCUT2D eigenvalue weighted by molar-refractivity contribution is -0.145. The molecule has 2 aliphatic carbocycles. The van der Waals surface area contributed by atoms with E-state index in [0.717, 1.165) is 0 Å². The van der Waals surface area contributed by atoms with Gasteiger partial charge in [0.2, 0.25) is 0 Å². The molecule has 1 fully saturated rings. The number of ether oxygens (including phenoxy) is 1. The molecule has 2 rings (SSSR count). The second kappa shape index (κ2) is 4.39. The number of rotatable bonds is 4. The Morgan fingerprint density at radius 3 is 2.53 bits per heavy atom. The van der Waals surface area contributed by atoms with Crippen molar-refractivity contribution in [3.05, 3.63) is 11.8 Å². The number of fused-ring (bicyclic) bond motifs is 1. The third-order valence-electron chi connectivity index (χ3n) is 3.10. The van der Waals surface area contributed by atoms with Gasteiger partial charge in [-0.25, -0.2) is 0 Å². The maximum absolute atomic E-state index is 12.1. The summed E-state index contributed by atoms with van der Waals surface area (Å²) in [5.74, 6) is -1.55. The van der Waals surface area contributed by atoms with E-state index in [9.17, 15) is 26.4 Å². The third-order valence-corrected chi connectivity index (χ3v) is 4.10. The first-order valence-corrected chi connectivity index (χ1v) is 6.96. The Morgan fingerprint density at radius 2 is 2.11 bits per heavy atom. The zero-order valence-corrected chi connectivity index (χ0v) is 10.6. The lowest BCUT2D eigenvalue weighted by Gasteiger charge is -2.11. The molecule has 0 bridgehead atoms. The number of allylic oxidation sites excluding steroid dienone is 2. The zero-order chi connectivity index (χ0) is 14.4. The molecule has 1 saturated carbocycles. The van der Waals surface area contributed by atoms with Crippen LogP contribution in [-0.2, 0) is 23.8 Å². The molecule has 9 heteroatoms. The van der Waals surface area contributed by atoms with Gasteiger partial charge in [-0.1, -0.05) is 0 Å². The van der Waals surface area contributed by atoms with Gasteiger partial charge in [0.05, 0.1) is 12.5 Å². The van der Waals surface area contributed by atoms with Crippen molar-refractivity contribution in [3.63, 3.8) is 0 Å². The third kappa shape index (κ3) is 2.56. The largest absolute Gasteiger partial charge is 0.534 e. The van der Waals surface area contributed by atoms with Crippen molar-refractivity contribution in [1.82, 2.24) is 0 Å². The lowest BCUT2D eigenvalue weighted by atomic mass is 10.2. The van der Waals surface area contributed by atoms with Gasteiger partial charge in [0.25, 0.3) is 0 Å². The van der Waals surface area contributed by atoms with Crippen molar-refractivity contribution < 1.29 is 35.3 Å². The summed E-state index contributed by atoms with van der Waals surface area (Å²) in [7, 11) is -5.62. The molecule has 2 unspecified atom stereocenters. The predicted octanol–water partition coefficient (Wildman–Crippen LogP) is 1.57. The molecular weight excluding hydrogens is 289 g/mol. The van der Waals surface area contributed by atoms with Gasteiger partial charge in [0, 0.05) is 6.42 Å². The molecule has 19 heavy (non-hydrogen) atoms. The van der Waals surface area contributed by atoms with Crippen LogP contribution in [0.25, 0.3) is 0 Å². The van der Waals surface area contributed by atoms with Gasteiger partial charge in [0.15, 0.2) is 0 Å². The molecule has 5 nitrogen and oxygen atoms in total. The molecule has 0 saturated heterocycles. The zero-order valence-electron chi connectivity index (χ0n) is 9.81. The quantitative estimate of drug-likeness (QED) is 0.448. The standard InChI is InChI=1S/C10H11F3O5S/c1-2-17-9(14)8-6-3-5(4-7(6)8)18-19(15,16)10(11,12)13/h3,6-8H,2,4H2,1H3/t6?,7?,8-/m0/s1.